The highest BCUT2D eigenvalue weighted by molar-refractivity contribution is 6.08. The van der Waals surface area contributed by atoms with E-state index in [0.29, 0.717) is 28.5 Å². The summed E-state index contributed by atoms with van der Waals surface area (Å²) in [5.41, 5.74) is 3.62. The summed E-state index contributed by atoms with van der Waals surface area (Å²) in [6.07, 6.45) is 0. The fraction of sp³-hybridized carbons (Fsp3) is 0.182. The minimum Gasteiger partial charge on any atom is -0.493 e. The van der Waals surface area contributed by atoms with Gasteiger partial charge in [0.1, 0.15) is 5.69 Å². The zero-order chi connectivity index (χ0) is 19.4. The number of methoxy groups -OCH3 is 3. The summed E-state index contributed by atoms with van der Waals surface area (Å²) in [6, 6.07) is 16.6. The van der Waals surface area contributed by atoms with Crippen molar-refractivity contribution in [2.24, 2.45) is 0 Å². The summed E-state index contributed by atoms with van der Waals surface area (Å²) in [5.74, 6) is 1.08. The van der Waals surface area contributed by atoms with Crippen LogP contribution in [0.5, 0.6) is 17.2 Å². The highest BCUT2D eigenvalue weighted by Crippen LogP contribution is 2.38. The second kappa shape index (κ2) is 7.91. The van der Waals surface area contributed by atoms with Gasteiger partial charge in [-0.15, -0.1) is 0 Å². The number of carbonyl (C=O) groups excluding carboxylic acids is 1. The molecule has 27 heavy (non-hydrogen) atoms. The molecule has 0 amide bonds. The largest absolute Gasteiger partial charge is 0.493 e. The molecule has 0 N–H and O–H groups in total. The minimum absolute atomic E-state index is 0.218. The second-order valence-electron chi connectivity index (χ2n) is 5.97. The lowest BCUT2D eigenvalue weighted by molar-refractivity contribution is 0.103. The number of aromatic nitrogens is 1. The normalized spacial score (nSPS) is 10.4. The van der Waals surface area contributed by atoms with E-state index >= 15 is 0 Å². The van der Waals surface area contributed by atoms with Crippen LogP contribution in [-0.2, 0) is 0 Å². The second-order valence-corrected chi connectivity index (χ2v) is 5.97. The number of carbonyl (C=O) groups is 1. The van der Waals surface area contributed by atoms with Gasteiger partial charge in [-0.2, -0.15) is 0 Å². The van der Waals surface area contributed by atoms with Gasteiger partial charge in [0.2, 0.25) is 11.5 Å². The van der Waals surface area contributed by atoms with Crippen molar-refractivity contribution >= 4 is 5.78 Å². The Hall–Kier alpha value is -3.34. The van der Waals surface area contributed by atoms with E-state index in [2.05, 4.69) is 4.98 Å². The Morgan fingerprint density at radius 3 is 2.11 bits per heavy atom. The van der Waals surface area contributed by atoms with Crippen LogP contribution in [0.3, 0.4) is 0 Å². The number of benzene rings is 2. The summed E-state index contributed by atoms with van der Waals surface area (Å²) in [4.78, 5) is 17.6. The molecule has 0 bridgehead atoms. The molecule has 138 valence electrons. The summed E-state index contributed by atoms with van der Waals surface area (Å²) in [7, 11) is 4.56. The van der Waals surface area contributed by atoms with Gasteiger partial charge in [-0.3, -0.25) is 4.79 Å². The first-order valence-corrected chi connectivity index (χ1v) is 8.46. The van der Waals surface area contributed by atoms with Crippen LogP contribution in [0.1, 0.15) is 21.6 Å². The van der Waals surface area contributed by atoms with Crippen molar-refractivity contribution in [3.63, 3.8) is 0 Å². The van der Waals surface area contributed by atoms with Crippen LogP contribution in [0.15, 0.2) is 54.6 Å². The van der Waals surface area contributed by atoms with Gasteiger partial charge >= 0.3 is 0 Å². The van der Waals surface area contributed by atoms with Crippen LogP contribution in [0.25, 0.3) is 11.3 Å². The Bertz CT molecular complexity index is 957. The Balaban J connectivity index is 2.04. The maximum atomic E-state index is 13.0. The number of rotatable bonds is 6. The predicted molar refractivity (Wildman–Crippen MR) is 104 cm³/mol. The zero-order valence-corrected chi connectivity index (χ0v) is 15.8. The minimum atomic E-state index is -0.218. The van der Waals surface area contributed by atoms with Crippen LogP contribution < -0.4 is 14.2 Å². The average molecular weight is 363 g/mol. The van der Waals surface area contributed by atoms with Gasteiger partial charge in [-0.05, 0) is 36.8 Å². The molecular formula is C22H21NO4. The fourth-order valence-corrected chi connectivity index (χ4v) is 2.93. The molecule has 3 aromatic rings. The Morgan fingerprint density at radius 2 is 1.52 bits per heavy atom. The van der Waals surface area contributed by atoms with Crippen LogP contribution in [0, 0.1) is 6.92 Å². The standard InChI is InChI=1S/C22H21NO4/c1-14-8-5-6-9-16(14)17-10-7-11-18(23-17)21(24)15-12-19(25-2)22(27-4)20(13-15)26-3/h5-13H,1-4H3. The molecule has 0 unspecified atom stereocenters. The fourth-order valence-electron chi connectivity index (χ4n) is 2.93. The molecule has 0 spiro atoms. The molecule has 0 saturated heterocycles. The summed E-state index contributed by atoms with van der Waals surface area (Å²) >= 11 is 0. The quantitative estimate of drug-likeness (QED) is 0.611. The van der Waals surface area contributed by atoms with E-state index in [0.717, 1.165) is 16.8 Å². The average Bonchev–Trinajstić information content (AvgIpc) is 2.72. The number of ketones is 1. The van der Waals surface area contributed by atoms with Gasteiger partial charge in [0.25, 0.3) is 0 Å². The lowest BCUT2D eigenvalue weighted by Crippen LogP contribution is -2.06. The highest BCUT2D eigenvalue weighted by Gasteiger charge is 2.19. The molecule has 2 aromatic carbocycles. The van der Waals surface area contributed by atoms with E-state index in [4.69, 9.17) is 14.2 Å². The maximum absolute atomic E-state index is 13.0. The molecule has 0 saturated carbocycles. The molecule has 1 heterocycles. The third-order valence-corrected chi connectivity index (χ3v) is 4.33. The van der Waals surface area contributed by atoms with Gasteiger partial charge < -0.3 is 14.2 Å². The smallest absolute Gasteiger partial charge is 0.211 e. The Labute approximate surface area is 158 Å². The third kappa shape index (κ3) is 3.62. The van der Waals surface area contributed by atoms with Crippen molar-refractivity contribution in [2.45, 2.75) is 6.92 Å². The Kier molecular flexibility index (Phi) is 5.41. The van der Waals surface area contributed by atoms with Gasteiger partial charge in [-0.25, -0.2) is 4.98 Å². The molecule has 1 aromatic heterocycles. The zero-order valence-electron chi connectivity index (χ0n) is 15.8. The molecule has 0 aliphatic rings. The molecule has 0 radical (unpaired) electrons. The van der Waals surface area contributed by atoms with E-state index in [1.807, 2.05) is 43.3 Å². The summed E-state index contributed by atoms with van der Waals surface area (Å²) < 4.78 is 16.0. The summed E-state index contributed by atoms with van der Waals surface area (Å²) in [6.45, 7) is 2.02. The molecule has 0 aliphatic carbocycles. The number of nitrogens with zero attached hydrogens (tertiary/aromatic N) is 1. The molecule has 0 aliphatic heterocycles. The molecule has 5 nitrogen and oxygen atoms in total. The topological polar surface area (TPSA) is 57.7 Å². The van der Waals surface area contributed by atoms with Gasteiger partial charge in [0.05, 0.1) is 27.0 Å². The van der Waals surface area contributed by atoms with Gasteiger partial charge in [0.15, 0.2) is 11.5 Å². The van der Waals surface area contributed by atoms with Crippen molar-refractivity contribution < 1.29 is 19.0 Å². The third-order valence-electron chi connectivity index (χ3n) is 4.33. The van der Waals surface area contributed by atoms with Crippen molar-refractivity contribution in [3.05, 3.63) is 71.4 Å². The number of hydrogen-bond acceptors (Lipinski definition) is 5. The Morgan fingerprint density at radius 1 is 0.852 bits per heavy atom. The summed E-state index contributed by atoms with van der Waals surface area (Å²) in [5, 5.41) is 0. The predicted octanol–water partition coefficient (Wildman–Crippen LogP) is 4.31. The molecule has 0 atom stereocenters. The van der Waals surface area contributed by atoms with E-state index in [9.17, 15) is 4.79 Å². The monoisotopic (exact) mass is 363 g/mol. The van der Waals surface area contributed by atoms with Crippen molar-refractivity contribution in [3.8, 4) is 28.5 Å². The first-order valence-electron chi connectivity index (χ1n) is 8.46. The number of aryl methyl sites for hydroxylation is 1. The van der Waals surface area contributed by atoms with Crippen molar-refractivity contribution in [1.82, 2.24) is 4.98 Å². The van der Waals surface area contributed by atoms with E-state index in [1.54, 1.807) is 18.2 Å². The van der Waals surface area contributed by atoms with Gasteiger partial charge in [0, 0.05) is 11.1 Å². The van der Waals surface area contributed by atoms with Crippen LogP contribution in [0.4, 0.5) is 0 Å². The molecule has 0 fully saturated rings. The van der Waals surface area contributed by atoms with E-state index in [-0.39, 0.29) is 5.78 Å². The van der Waals surface area contributed by atoms with Crippen LogP contribution in [0.2, 0.25) is 0 Å². The SMILES string of the molecule is COc1cc(C(=O)c2cccc(-c3ccccc3C)n2)cc(OC)c1OC. The molecule has 3 rings (SSSR count). The lowest BCUT2D eigenvalue weighted by Gasteiger charge is -2.14. The molecule has 5 heteroatoms. The van der Waals surface area contributed by atoms with E-state index < -0.39 is 0 Å². The lowest BCUT2D eigenvalue weighted by atomic mass is 10.0. The van der Waals surface area contributed by atoms with Crippen molar-refractivity contribution in [1.29, 1.82) is 0 Å². The highest BCUT2D eigenvalue weighted by atomic mass is 16.5. The van der Waals surface area contributed by atoms with Gasteiger partial charge in [-0.1, -0.05) is 30.3 Å². The molecular weight excluding hydrogens is 342 g/mol. The van der Waals surface area contributed by atoms with Crippen LogP contribution in [-0.4, -0.2) is 32.1 Å². The number of ether oxygens (including phenoxy) is 3. The first-order chi connectivity index (χ1) is 13.1. The van der Waals surface area contributed by atoms with Crippen LogP contribution >= 0.6 is 0 Å². The number of hydrogen-bond donors (Lipinski definition) is 0. The van der Waals surface area contributed by atoms with E-state index in [1.165, 1.54) is 21.3 Å². The maximum Gasteiger partial charge on any atom is 0.211 e. The first kappa shape index (κ1) is 18.5. The number of pyridine rings is 1. The van der Waals surface area contributed by atoms with Crippen molar-refractivity contribution in [2.75, 3.05) is 21.3 Å².